The fraction of sp³-hybridized carbons (Fsp3) is 0.333. The van der Waals surface area contributed by atoms with Gasteiger partial charge in [0.25, 0.3) is 0 Å². The second kappa shape index (κ2) is 10.2. The van der Waals surface area contributed by atoms with E-state index in [9.17, 15) is 10.1 Å². The van der Waals surface area contributed by atoms with Crippen molar-refractivity contribution in [2.75, 3.05) is 11.9 Å². The lowest BCUT2D eigenvalue weighted by Gasteiger charge is -2.30. The molecule has 0 saturated heterocycles. The highest BCUT2D eigenvalue weighted by molar-refractivity contribution is 5.96. The van der Waals surface area contributed by atoms with Crippen LogP contribution in [0, 0.1) is 17.2 Å². The molecule has 2 aromatic carbocycles. The smallest absolute Gasteiger partial charge is 0.411 e. The normalized spacial score (nSPS) is 17.4. The van der Waals surface area contributed by atoms with E-state index in [0.717, 1.165) is 54.3 Å². The topological polar surface area (TPSA) is 94.7 Å². The summed E-state index contributed by atoms with van der Waals surface area (Å²) in [6.45, 7) is 2.17. The van der Waals surface area contributed by atoms with Gasteiger partial charge >= 0.3 is 6.09 Å². The molecule has 6 rings (SSSR count). The number of amides is 1. The average Bonchev–Trinajstić information content (AvgIpc) is 3.71. The van der Waals surface area contributed by atoms with Crippen molar-refractivity contribution in [2.24, 2.45) is 5.92 Å². The van der Waals surface area contributed by atoms with E-state index >= 15 is 0 Å². The predicted molar refractivity (Wildman–Crippen MR) is 142 cm³/mol. The molecule has 1 unspecified atom stereocenters. The van der Waals surface area contributed by atoms with Gasteiger partial charge in [-0.25, -0.2) is 4.79 Å². The molecule has 1 amide bonds. The molecule has 2 heterocycles. The zero-order valence-corrected chi connectivity index (χ0v) is 21.2. The first-order valence-electron chi connectivity index (χ1n) is 13.1. The Morgan fingerprint density at radius 1 is 1.16 bits per heavy atom. The van der Waals surface area contributed by atoms with Gasteiger partial charge in [0.2, 0.25) is 0 Å². The molecule has 2 aliphatic carbocycles. The number of carbonyl (C=O) groups excluding carboxylic acids is 1. The second-order valence-corrected chi connectivity index (χ2v) is 10.0. The number of nitrogens with zero attached hydrogens (tertiary/aromatic N) is 2. The van der Waals surface area contributed by atoms with E-state index in [1.807, 2.05) is 49.4 Å². The number of nitriles is 1. The van der Waals surface area contributed by atoms with Crippen LogP contribution in [0.1, 0.15) is 50.6 Å². The van der Waals surface area contributed by atoms with E-state index in [1.54, 1.807) is 0 Å². The van der Waals surface area contributed by atoms with E-state index in [2.05, 4.69) is 16.0 Å². The Morgan fingerprint density at radius 2 is 1.97 bits per heavy atom. The average molecular weight is 512 g/mol. The summed E-state index contributed by atoms with van der Waals surface area (Å²) in [5.41, 5.74) is 4.06. The maximum atomic E-state index is 12.3. The molecule has 194 valence electrons. The number of hydrogen-bond donors (Lipinski definition) is 1. The SMILES string of the molecule is CC(OC(=O)Nc1ccc(-c2c(C#N)c3ccc(OCC4=COC=CO4)cc3n2C2CCC2)cc1)C1CC1. The maximum absolute atomic E-state index is 12.3. The van der Waals surface area contributed by atoms with Gasteiger partial charge in [-0.3, -0.25) is 5.32 Å². The summed E-state index contributed by atoms with van der Waals surface area (Å²) in [5, 5.41) is 13.9. The minimum absolute atomic E-state index is 0.0726. The Hall–Kier alpha value is -4.38. The van der Waals surface area contributed by atoms with Crippen molar-refractivity contribution in [3.05, 3.63) is 72.6 Å². The van der Waals surface area contributed by atoms with Crippen LogP contribution in [0.2, 0.25) is 0 Å². The maximum Gasteiger partial charge on any atom is 0.411 e. The van der Waals surface area contributed by atoms with Gasteiger partial charge in [0.15, 0.2) is 5.76 Å². The summed E-state index contributed by atoms with van der Waals surface area (Å²) in [4.78, 5) is 12.3. The number of rotatable bonds is 8. The Balaban J connectivity index is 1.29. The van der Waals surface area contributed by atoms with E-state index in [1.165, 1.54) is 18.8 Å². The molecule has 3 aliphatic rings. The molecule has 0 spiro atoms. The molecule has 1 aliphatic heterocycles. The highest BCUT2D eigenvalue weighted by atomic mass is 16.6. The van der Waals surface area contributed by atoms with E-state index in [-0.39, 0.29) is 12.7 Å². The summed E-state index contributed by atoms with van der Waals surface area (Å²) < 4.78 is 24.3. The van der Waals surface area contributed by atoms with Gasteiger partial charge in [-0.15, -0.1) is 0 Å². The summed E-state index contributed by atoms with van der Waals surface area (Å²) in [6, 6.07) is 16.2. The first kappa shape index (κ1) is 24.0. The lowest BCUT2D eigenvalue weighted by Crippen LogP contribution is -2.21. The predicted octanol–water partition coefficient (Wildman–Crippen LogP) is 6.99. The quantitative estimate of drug-likeness (QED) is 0.350. The van der Waals surface area contributed by atoms with E-state index < -0.39 is 6.09 Å². The van der Waals surface area contributed by atoms with Crippen LogP contribution >= 0.6 is 0 Å². The Bertz CT molecular complexity index is 1460. The van der Waals surface area contributed by atoms with Crippen LogP contribution in [0.3, 0.4) is 0 Å². The molecule has 8 nitrogen and oxygen atoms in total. The third-order valence-corrected chi connectivity index (χ3v) is 7.45. The molecule has 38 heavy (non-hydrogen) atoms. The molecule has 3 aromatic rings. The number of carbonyl (C=O) groups is 1. The molecule has 0 radical (unpaired) electrons. The first-order valence-corrected chi connectivity index (χ1v) is 13.1. The molecule has 0 bridgehead atoms. The van der Waals surface area contributed by atoms with Crippen LogP contribution in [0.25, 0.3) is 22.2 Å². The minimum atomic E-state index is -0.442. The standard InChI is InChI=1S/C30H29N3O5/c1-19(20-5-6-20)38-30(34)32-22-9-7-21(8-10-22)29-27(16-31)26-12-11-24(37-18-25-17-35-13-14-36-25)15-28(26)33(29)23-3-2-4-23/h7-15,17,19-20,23H,2-6,18H2,1H3,(H,32,34). The Morgan fingerprint density at radius 3 is 2.63 bits per heavy atom. The summed E-state index contributed by atoms with van der Waals surface area (Å²) >= 11 is 0. The highest BCUT2D eigenvalue weighted by Crippen LogP contribution is 2.43. The fourth-order valence-electron chi connectivity index (χ4n) is 5.00. The van der Waals surface area contributed by atoms with E-state index in [4.69, 9.17) is 18.9 Å². The zero-order chi connectivity index (χ0) is 26.1. The van der Waals surface area contributed by atoms with Crippen LogP contribution in [0.15, 0.2) is 67.0 Å². The summed E-state index contributed by atoms with van der Waals surface area (Å²) in [7, 11) is 0. The van der Waals surface area contributed by atoms with Crippen molar-refractivity contribution < 1.29 is 23.7 Å². The van der Waals surface area contributed by atoms with Crippen molar-refractivity contribution in [1.29, 1.82) is 5.26 Å². The largest absolute Gasteiger partial charge is 0.485 e. The molecule has 1 aromatic heterocycles. The van der Waals surface area contributed by atoms with Crippen molar-refractivity contribution in [2.45, 2.75) is 51.2 Å². The number of nitrogens with one attached hydrogen (secondary N) is 1. The minimum Gasteiger partial charge on any atom is -0.485 e. The molecule has 2 saturated carbocycles. The van der Waals surface area contributed by atoms with Crippen LogP contribution in [-0.2, 0) is 14.2 Å². The first-order chi connectivity index (χ1) is 18.6. The molecular formula is C30H29N3O5. The molecule has 8 heteroatoms. The number of hydrogen-bond acceptors (Lipinski definition) is 6. The third-order valence-electron chi connectivity index (χ3n) is 7.45. The van der Waals surface area contributed by atoms with Gasteiger partial charge in [0, 0.05) is 23.2 Å². The van der Waals surface area contributed by atoms with Crippen LogP contribution < -0.4 is 10.1 Å². The summed E-state index contributed by atoms with van der Waals surface area (Å²) in [6.07, 6.45) is 9.42. The number of ether oxygens (including phenoxy) is 4. The van der Waals surface area contributed by atoms with Crippen LogP contribution in [0.5, 0.6) is 5.75 Å². The zero-order valence-electron chi connectivity index (χ0n) is 21.2. The monoisotopic (exact) mass is 511 g/mol. The van der Waals surface area contributed by atoms with Crippen molar-refractivity contribution in [1.82, 2.24) is 4.57 Å². The van der Waals surface area contributed by atoms with Crippen molar-refractivity contribution >= 4 is 22.7 Å². The Kier molecular flexibility index (Phi) is 6.42. The number of anilines is 1. The van der Waals surface area contributed by atoms with Crippen LogP contribution in [-0.4, -0.2) is 23.4 Å². The van der Waals surface area contributed by atoms with Gasteiger partial charge in [-0.1, -0.05) is 12.1 Å². The number of aromatic nitrogens is 1. The second-order valence-electron chi connectivity index (χ2n) is 10.0. The number of fused-ring (bicyclic) bond motifs is 1. The molecule has 2 fully saturated rings. The molecule has 1 atom stereocenters. The van der Waals surface area contributed by atoms with E-state index in [0.29, 0.717) is 34.7 Å². The van der Waals surface area contributed by atoms with Crippen LogP contribution in [0.4, 0.5) is 10.5 Å². The van der Waals surface area contributed by atoms with Crippen molar-refractivity contribution in [3.63, 3.8) is 0 Å². The molecule has 1 N–H and O–H groups in total. The molecular weight excluding hydrogens is 482 g/mol. The van der Waals surface area contributed by atoms with Gasteiger partial charge in [0.05, 0.1) is 16.8 Å². The third kappa shape index (κ3) is 4.80. The number of benzene rings is 2. The summed E-state index contributed by atoms with van der Waals surface area (Å²) in [5.74, 6) is 1.74. The lowest BCUT2D eigenvalue weighted by atomic mass is 9.92. The highest BCUT2D eigenvalue weighted by Gasteiger charge is 2.31. The fourth-order valence-corrected chi connectivity index (χ4v) is 5.00. The lowest BCUT2D eigenvalue weighted by molar-refractivity contribution is 0.108. The Labute approximate surface area is 221 Å². The van der Waals surface area contributed by atoms with Gasteiger partial charge in [-0.2, -0.15) is 5.26 Å². The van der Waals surface area contributed by atoms with Gasteiger partial charge in [-0.05, 0) is 74.8 Å². The van der Waals surface area contributed by atoms with Gasteiger partial charge in [0.1, 0.15) is 43.3 Å². The van der Waals surface area contributed by atoms with Gasteiger partial charge < -0.3 is 23.5 Å². The van der Waals surface area contributed by atoms with Crippen molar-refractivity contribution in [3.8, 4) is 23.1 Å².